The summed E-state index contributed by atoms with van der Waals surface area (Å²) in [5.74, 6) is 0.674. The number of fused-ring (bicyclic) bond motifs is 1. The Balaban J connectivity index is 1.91. The van der Waals surface area contributed by atoms with Crippen LogP contribution < -0.4 is 0 Å². The molecule has 0 aromatic carbocycles. The largest absolute Gasteiger partial charge is 0.255 e. The quantitative estimate of drug-likeness (QED) is 0.737. The number of aliphatic imine (C=N–C) groups is 1. The van der Waals surface area contributed by atoms with Crippen molar-refractivity contribution in [2.75, 3.05) is 0 Å². The summed E-state index contributed by atoms with van der Waals surface area (Å²) in [6, 6.07) is 8.11. The van der Waals surface area contributed by atoms with Gasteiger partial charge in [-0.1, -0.05) is 26.8 Å². The van der Waals surface area contributed by atoms with E-state index in [1.54, 1.807) is 23.7 Å². The Morgan fingerprint density at radius 2 is 2.22 bits per heavy atom. The Kier molecular flexibility index (Phi) is 4.32. The Morgan fingerprint density at radius 1 is 1.39 bits per heavy atom. The fourth-order valence-electron chi connectivity index (χ4n) is 3.09. The van der Waals surface area contributed by atoms with E-state index >= 15 is 0 Å². The number of hydrogen-bond donors (Lipinski definition) is 0. The monoisotopic (exact) mass is 323 g/mol. The van der Waals surface area contributed by atoms with Crippen LogP contribution in [0, 0.1) is 22.7 Å². The molecular formula is C19H21N3S. The van der Waals surface area contributed by atoms with Gasteiger partial charge in [0.1, 0.15) is 11.1 Å². The molecule has 1 atom stereocenters. The molecule has 0 spiro atoms. The van der Waals surface area contributed by atoms with Gasteiger partial charge in [-0.25, -0.2) is 4.99 Å². The minimum atomic E-state index is 0.311. The van der Waals surface area contributed by atoms with Crippen molar-refractivity contribution in [2.45, 2.75) is 40.0 Å². The molecule has 0 saturated carbocycles. The molecule has 3 rings (SSSR count). The van der Waals surface area contributed by atoms with Crippen LogP contribution in [-0.4, -0.2) is 11.2 Å². The molecular weight excluding hydrogens is 302 g/mol. The van der Waals surface area contributed by atoms with Crippen LogP contribution in [0.3, 0.4) is 0 Å². The lowest BCUT2D eigenvalue weighted by Gasteiger charge is -2.33. The zero-order chi connectivity index (χ0) is 16.4. The standard InChI is InChI=1S/C19H21N3S/c1-19(2,3)13-7-8-15-16(11-20)18(23-17(15)10-13)22-12-14-6-4-5-9-21-14/h4-6,9,12-13H,7-8,10H2,1-3H3/t13-/m1/s1. The second kappa shape index (κ2) is 6.25. The number of hydrogen-bond acceptors (Lipinski definition) is 4. The van der Waals surface area contributed by atoms with Crippen LogP contribution in [-0.2, 0) is 12.8 Å². The van der Waals surface area contributed by atoms with Crippen molar-refractivity contribution >= 4 is 22.6 Å². The van der Waals surface area contributed by atoms with Crippen molar-refractivity contribution in [3.63, 3.8) is 0 Å². The van der Waals surface area contributed by atoms with Crippen LogP contribution >= 0.6 is 11.3 Å². The van der Waals surface area contributed by atoms with Gasteiger partial charge >= 0.3 is 0 Å². The fraction of sp³-hybridized carbons (Fsp3) is 0.421. The number of aromatic nitrogens is 1. The number of nitrogens with zero attached hydrogens (tertiary/aromatic N) is 3. The van der Waals surface area contributed by atoms with Crippen molar-refractivity contribution in [3.05, 3.63) is 46.1 Å². The van der Waals surface area contributed by atoms with Crippen molar-refractivity contribution in [1.29, 1.82) is 5.26 Å². The first-order valence-electron chi connectivity index (χ1n) is 7.99. The lowest BCUT2D eigenvalue weighted by atomic mass is 9.72. The van der Waals surface area contributed by atoms with Gasteiger partial charge in [-0.15, -0.1) is 11.3 Å². The highest BCUT2D eigenvalue weighted by Crippen LogP contribution is 2.44. The van der Waals surface area contributed by atoms with Gasteiger partial charge in [-0.2, -0.15) is 5.26 Å². The van der Waals surface area contributed by atoms with E-state index in [0.717, 1.165) is 35.5 Å². The molecule has 0 saturated heterocycles. The molecule has 23 heavy (non-hydrogen) atoms. The zero-order valence-corrected chi connectivity index (χ0v) is 14.7. The summed E-state index contributed by atoms with van der Waals surface area (Å²) in [5.41, 5.74) is 3.12. The fourth-order valence-corrected chi connectivity index (χ4v) is 4.32. The highest BCUT2D eigenvalue weighted by molar-refractivity contribution is 7.16. The maximum absolute atomic E-state index is 9.55. The van der Waals surface area contributed by atoms with Gasteiger partial charge in [0.2, 0.25) is 0 Å². The highest BCUT2D eigenvalue weighted by Gasteiger charge is 2.32. The molecule has 118 valence electrons. The minimum absolute atomic E-state index is 0.311. The van der Waals surface area contributed by atoms with E-state index < -0.39 is 0 Å². The molecule has 1 aliphatic rings. The normalized spacial score (nSPS) is 17.9. The Labute approximate surface area is 141 Å². The summed E-state index contributed by atoms with van der Waals surface area (Å²) in [4.78, 5) is 10.1. The molecule has 0 N–H and O–H groups in total. The number of rotatable bonds is 2. The maximum Gasteiger partial charge on any atom is 0.134 e. The second-order valence-corrected chi connectivity index (χ2v) is 8.20. The molecule has 0 fully saturated rings. The summed E-state index contributed by atoms with van der Waals surface area (Å²) in [7, 11) is 0. The van der Waals surface area contributed by atoms with Gasteiger partial charge in [0, 0.05) is 11.1 Å². The first-order chi connectivity index (χ1) is 11.0. The lowest BCUT2D eigenvalue weighted by molar-refractivity contribution is 0.218. The molecule has 3 nitrogen and oxygen atoms in total. The molecule has 1 aliphatic carbocycles. The number of thiophene rings is 1. The zero-order valence-electron chi connectivity index (χ0n) is 13.8. The highest BCUT2D eigenvalue weighted by atomic mass is 32.1. The van der Waals surface area contributed by atoms with Gasteiger partial charge in [0.15, 0.2) is 0 Å². The van der Waals surface area contributed by atoms with Crippen molar-refractivity contribution in [1.82, 2.24) is 4.98 Å². The van der Waals surface area contributed by atoms with Crippen LogP contribution in [0.4, 0.5) is 5.00 Å². The minimum Gasteiger partial charge on any atom is -0.255 e. The van der Waals surface area contributed by atoms with Crippen molar-refractivity contribution < 1.29 is 0 Å². The molecule has 0 bridgehead atoms. The summed E-state index contributed by atoms with van der Waals surface area (Å²) in [6.07, 6.45) is 6.72. The third kappa shape index (κ3) is 3.35. The third-order valence-corrected chi connectivity index (χ3v) is 5.75. The molecule has 0 radical (unpaired) electrons. The first kappa shape index (κ1) is 15.9. The summed E-state index contributed by atoms with van der Waals surface area (Å²) in [5, 5.41) is 10.4. The van der Waals surface area contributed by atoms with E-state index in [1.165, 1.54) is 10.4 Å². The van der Waals surface area contributed by atoms with E-state index in [4.69, 9.17) is 0 Å². The second-order valence-electron chi connectivity index (χ2n) is 7.11. The Hall–Kier alpha value is -1.99. The van der Waals surface area contributed by atoms with Gasteiger partial charge < -0.3 is 0 Å². The average molecular weight is 323 g/mol. The summed E-state index contributed by atoms with van der Waals surface area (Å²) in [6.45, 7) is 6.92. The van der Waals surface area contributed by atoms with Gasteiger partial charge in [-0.05, 0) is 48.3 Å². The average Bonchev–Trinajstić information content (AvgIpc) is 2.89. The number of pyridine rings is 1. The predicted octanol–water partition coefficient (Wildman–Crippen LogP) is 4.92. The Bertz CT molecular complexity index is 760. The summed E-state index contributed by atoms with van der Waals surface area (Å²) < 4.78 is 0. The van der Waals surface area contributed by atoms with E-state index in [2.05, 4.69) is 36.8 Å². The molecule has 4 heteroatoms. The van der Waals surface area contributed by atoms with E-state index in [0.29, 0.717) is 11.3 Å². The molecule has 2 aromatic heterocycles. The predicted molar refractivity (Wildman–Crippen MR) is 95.5 cm³/mol. The topological polar surface area (TPSA) is 49.0 Å². The third-order valence-electron chi connectivity index (χ3n) is 4.59. The molecule has 0 unspecified atom stereocenters. The lowest BCUT2D eigenvalue weighted by Crippen LogP contribution is -2.26. The Morgan fingerprint density at radius 3 is 2.87 bits per heavy atom. The van der Waals surface area contributed by atoms with Gasteiger partial charge in [-0.3, -0.25) is 4.98 Å². The molecule has 0 aliphatic heterocycles. The number of nitriles is 1. The molecule has 0 amide bonds. The van der Waals surface area contributed by atoms with E-state index in [-0.39, 0.29) is 0 Å². The van der Waals surface area contributed by atoms with Crippen LogP contribution in [0.1, 0.15) is 48.9 Å². The van der Waals surface area contributed by atoms with Crippen LogP contribution in [0.5, 0.6) is 0 Å². The van der Waals surface area contributed by atoms with Crippen molar-refractivity contribution in [2.24, 2.45) is 16.3 Å². The first-order valence-corrected chi connectivity index (χ1v) is 8.80. The van der Waals surface area contributed by atoms with Crippen molar-refractivity contribution in [3.8, 4) is 6.07 Å². The van der Waals surface area contributed by atoms with Gasteiger partial charge in [0.05, 0.1) is 17.5 Å². The summed E-state index contributed by atoms with van der Waals surface area (Å²) >= 11 is 1.68. The molecule has 2 heterocycles. The smallest absolute Gasteiger partial charge is 0.134 e. The van der Waals surface area contributed by atoms with Gasteiger partial charge in [0.25, 0.3) is 0 Å². The SMILES string of the molecule is CC(C)(C)[C@@H]1CCc2c(sc(N=Cc3ccccn3)c2C#N)C1. The maximum atomic E-state index is 9.55. The van der Waals surface area contributed by atoms with Crippen LogP contribution in [0.2, 0.25) is 0 Å². The molecule has 2 aromatic rings. The van der Waals surface area contributed by atoms with E-state index in [9.17, 15) is 5.26 Å². The van der Waals surface area contributed by atoms with Crippen LogP contribution in [0.25, 0.3) is 0 Å². The van der Waals surface area contributed by atoms with E-state index in [1.807, 2.05) is 18.2 Å². The van der Waals surface area contributed by atoms with Crippen LogP contribution in [0.15, 0.2) is 29.4 Å².